The first-order valence-electron chi connectivity index (χ1n) is 3.34. The van der Waals surface area contributed by atoms with Crippen molar-refractivity contribution >= 4 is 12.4 Å². The average molecular weight is 155 g/mol. The van der Waals surface area contributed by atoms with Gasteiger partial charge in [-0.2, -0.15) is 0 Å². The molecule has 1 amide bonds. The van der Waals surface area contributed by atoms with E-state index in [2.05, 4.69) is 0 Å². The largest absolute Gasteiger partial charge is 0.465 e. The highest BCUT2D eigenvalue weighted by molar-refractivity contribution is 5.67. The maximum atomic E-state index is 10.2. The Hall–Kier alpha value is -1.32. The van der Waals surface area contributed by atoms with E-state index in [9.17, 15) is 9.59 Å². The summed E-state index contributed by atoms with van der Waals surface area (Å²) in [5, 5.41) is 8.41. The molecule has 1 aliphatic rings. The number of allylic oxidation sites excluding steroid dienone is 1. The zero-order chi connectivity index (χ0) is 8.27. The summed E-state index contributed by atoms with van der Waals surface area (Å²) in [6, 6.07) is 0. The Bertz CT molecular complexity index is 194. The number of carboxylic acid groups (broad SMARTS) is 1. The second kappa shape index (κ2) is 3.18. The van der Waals surface area contributed by atoms with Crippen molar-refractivity contribution in [3.05, 3.63) is 12.2 Å². The first-order valence-corrected chi connectivity index (χ1v) is 3.34. The number of rotatable bonds is 2. The van der Waals surface area contributed by atoms with Crippen molar-refractivity contribution in [2.75, 3.05) is 13.1 Å². The van der Waals surface area contributed by atoms with Gasteiger partial charge in [0, 0.05) is 19.0 Å². The predicted octanol–water partition coefficient (Wildman–Crippen LogP) is 0.351. The fourth-order valence-electron chi connectivity index (χ4n) is 0.993. The molecule has 1 N–H and O–H groups in total. The summed E-state index contributed by atoms with van der Waals surface area (Å²) in [4.78, 5) is 21.4. The van der Waals surface area contributed by atoms with Gasteiger partial charge in [-0.3, -0.25) is 4.79 Å². The van der Waals surface area contributed by atoms with Crippen molar-refractivity contribution in [2.24, 2.45) is 5.92 Å². The van der Waals surface area contributed by atoms with E-state index in [0.717, 1.165) is 0 Å². The third-order valence-electron chi connectivity index (χ3n) is 1.64. The molecule has 0 unspecified atom stereocenters. The van der Waals surface area contributed by atoms with E-state index in [4.69, 9.17) is 5.11 Å². The lowest BCUT2D eigenvalue weighted by molar-refractivity contribution is -0.104. The molecule has 1 rings (SSSR count). The van der Waals surface area contributed by atoms with E-state index in [-0.39, 0.29) is 5.92 Å². The molecule has 1 heterocycles. The second-order valence-electron chi connectivity index (χ2n) is 2.47. The van der Waals surface area contributed by atoms with Crippen LogP contribution in [-0.4, -0.2) is 35.5 Å². The van der Waals surface area contributed by atoms with Gasteiger partial charge in [0.05, 0.1) is 0 Å². The minimum atomic E-state index is -0.888. The third kappa shape index (κ3) is 1.80. The van der Waals surface area contributed by atoms with Gasteiger partial charge < -0.3 is 10.0 Å². The number of aldehydes is 1. The van der Waals surface area contributed by atoms with Crippen LogP contribution in [0.2, 0.25) is 0 Å². The maximum Gasteiger partial charge on any atom is 0.407 e. The van der Waals surface area contributed by atoms with Gasteiger partial charge in [0.15, 0.2) is 0 Å². The molecule has 0 aromatic carbocycles. The van der Waals surface area contributed by atoms with Gasteiger partial charge in [-0.15, -0.1) is 0 Å². The van der Waals surface area contributed by atoms with Crippen LogP contribution in [-0.2, 0) is 4.79 Å². The van der Waals surface area contributed by atoms with Gasteiger partial charge in [-0.05, 0) is 6.08 Å². The molecule has 0 atom stereocenters. The molecule has 0 spiro atoms. The zero-order valence-corrected chi connectivity index (χ0v) is 5.93. The monoisotopic (exact) mass is 155 g/mol. The SMILES string of the molecule is O=C/C=C/C1CN(C(=O)O)C1. The normalized spacial score (nSPS) is 18.4. The maximum absolute atomic E-state index is 10.2. The summed E-state index contributed by atoms with van der Waals surface area (Å²) >= 11 is 0. The van der Waals surface area contributed by atoms with Gasteiger partial charge in [0.1, 0.15) is 6.29 Å². The van der Waals surface area contributed by atoms with Crippen molar-refractivity contribution in [2.45, 2.75) is 0 Å². The number of carbonyl (C=O) groups is 2. The molecular weight excluding hydrogens is 146 g/mol. The first kappa shape index (κ1) is 7.78. The first-order chi connectivity index (χ1) is 5.24. The summed E-state index contributed by atoms with van der Waals surface area (Å²) in [6.45, 7) is 1.03. The molecular formula is C7H9NO3. The Morgan fingerprint density at radius 1 is 1.55 bits per heavy atom. The summed E-state index contributed by atoms with van der Waals surface area (Å²) in [7, 11) is 0. The van der Waals surface area contributed by atoms with Crippen LogP contribution in [0.5, 0.6) is 0 Å². The van der Waals surface area contributed by atoms with E-state index in [1.165, 1.54) is 11.0 Å². The Labute approximate surface area is 64.1 Å². The molecule has 0 aromatic rings. The quantitative estimate of drug-likeness (QED) is 0.462. The van der Waals surface area contributed by atoms with Crippen LogP contribution in [0.3, 0.4) is 0 Å². The predicted molar refractivity (Wildman–Crippen MR) is 38.3 cm³/mol. The number of amides is 1. The topological polar surface area (TPSA) is 57.6 Å². The average Bonchev–Trinajstić information content (AvgIpc) is 1.84. The number of hydrogen-bond acceptors (Lipinski definition) is 2. The fraction of sp³-hybridized carbons (Fsp3) is 0.429. The molecule has 1 aliphatic heterocycles. The molecule has 11 heavy (non-hydrogen) atoms. The van der Waals surface area contributed by atoms with Crippen LogP contribution < -0.4 is 0 Å². The van der Waals surface area contributed by atoms with E-state index in [1.807, 2.05) is 0 Å². The van der Waals surface area contributed by atoms with Crippen LogP contribution in [0.1, 0.15) is 0 Å². The Balaban J connectivity index is 2.24. The summed E-state index contributed by atoms with van der Waals surface area (Å²) in [5.74, 6) is 0.233. The number of likely N-dealkylation sites (tertiary alicyclic amines) is 1. The number of nitrogens with zero attached hydrogens (tertiary/aromatic N) is 1. The molecule has 1 fully saturated rings. The van der Waals surface area contributed by atoms with Crippen LogP contribution >= 0.6 is 0 Å². The molecule has 1 saturated heterocycles. The lowest BCUT2D eigenvalue weighted by Gasteiger charge is -2.34. The summed E-state index contributed by atoms with van der Waals surface area (Å²) < 4.78 is 0. The Kier molecular flexibility index (Phi) is 2.25. The van der Waals surface area contributed by atoms with Crippen molar-refractivity contribution in [1.82, 2.24) is 4.90 Å². The van der Waals surface area contributed by atoms with Crippen LogP contribution in [0.15, 0.2) is 12.2 Å². The van der Waals surface area contributed by atoms with E-state index >= 15 is 0 Å². The van der Waals surface area contributed by atoms with Gasteiger partial charge in [0.25, 0.3) is 0 Å². The van der Waals surface area contributed by atoms with Crippen LogP contribution in [0, 0.1) is 5.92 Å². The minimum absolute atomic E-state index is 0.233. The van der Waals surface area contributed by atoms with E-state index in [1.54, 1.807) is 6.08 Å². The number of hydrogen-bond donors (Lipinski definition) is 1. The van der Waals surface area contributed by atoms with Gasteiger partial charge in [0.2, 0.25) is 0 Å². The van der Waals surface area contributed by atoms with Gasteiger partial charge >= 0.3 is 6.09 Å². The van der Waals surface area contributed by atoms with E-state index in [0.29, 0.717) is 19.4 Å². The smallest absolute Gasteiger partial charge is 0.407 e. The lowest BCUT2D eigenvalue weighted by Crippen LogP contribution is -2.48. The molecule has 0 radical (unpaired) electrons. The molecule has 0 saturated carbocycles. The minimum Gasteiger partial charge on any atom is -0.465 e. The summed E-state index contributed by atoms with van der Waals surface area (Å²) in [5.41, 5.74) is 0. The highest BCUT2D eigenvalue weighted by Crippen LogP contribution is 2.15. The zero-order valence-electron chi connectivity index (χ0n) is 5.93. The van der Waals surface area contributed by atoms with Gasteiger partial charge in [-0.25, -0.2) is 4.79 Å². The molecule has 4 heteroatoms. The highest BCUT2D eigenvalue weighted by Gasteiger charge is 2.27. The highest BCUT2D eigenvalue weighted by atomic mass is 16.4. The Morgan fingerprint density at radius 2 is 2.18 bits per heavy atom. The lowest BCUT2D eigenvalue weighted by atomic mass is 10.0. The van der Waals surface area contributed by atoms with E-state index < -0.39 is 6.09 Å². The van der Waals surface area contributed by atoms with Crippen molar-refractivity contribution in [3.8, 4) is 0 Å². The standard InChI is InChI=1S/C7H9NO3/c9-3-1-2-6-4-8(5-6)7(10)11/h1-3,6H,4-5H2,(H,10,11)/b2-1+. The summed E-state index contributed by atoms with van der Waals surface area (Å²) in [6.07, 6.45) is 2.94. The Morgan fingerprint density at radius 3 is 2.64 bits per heavy atom. The van der Waals surface area contributed by atoms with Crippen LogP contribution in [0.25, 0.3) is 0 Å². The van der Waals surface area contributed by atoms with Crippen molar-refractivity contribution < 1.29 is 14.7 Å². The van der Waals surface area contributed by atoms with Crippen LogP contribution in [0.4, 0.5) is 4.79 Å². The van der Waals surface area contributed by atoms with Gasteiger partial charge in [-0.1, -0.05) is 6.08 Å². The molecule has 0 bridgehead atoms. The van der Waals surface area contributed by atoms with Crippen molar-refractivity contribution in [1.29, 1.82) is 0 Å². The van der Waals surface area contributed by atoms with Crippen molar-refractivity contribution in [3.63, 3.8) is 0 Å². The second-order valence-corrected chi connectivity index (χ2v) is 2.47. The molecule has 0 aromatic heterocycles. The molecule has 4 nitrogen and oxygen atoms in total. The third-order valence-corrected chi connectivity index (χ3v) is 1.64. The molecule has 60 valence electrons. The fourth-order valence-corrected chi connectivity index (χ4v) is 0.993. The molecule has 0 aliphatic carbocycles. The number of carbonyl (C=O) groups excluding carboxylic acids is 1.